The molecule has 0 heterocycles. The van der Waals surface area contributed by atoms with Gasteiger partial charge in [0.05, 0.1) is 12.4 Å². The molecule has 2 rings (SSSR count). The molecule has 1 saturated carbocycles. The van der Waals surface area contributed by atoms with Gasteiger partial charge in [-0.3, -0.25) is 8.98 Å². The number of carbonyl (C=O) groups excluding carboxylic acids is 1. The summed E-state index contributed by atoms with van der Waals surface area (Å²) in [6, 6.07) is 9.62. The molecule has 0 aliphatic heterocycles. The third-order valence-electron chi connectivity index (χ3n) is 5.00. The molecule has 0 aromatic heterocycles. The topological polar surface area (TPSA) is 69.7 Å². The Labute approximate surface area is 150 Å². The normalized spacial score (nSPS) is 27.5. The van der Waals surface area contributed by atoms with Gasteiger partial charge >= 0.3 is 5.97 Å². The number of ether oxygens (including phenoxy) is 1. The summed E-state index contributed by atoms with van der Waals surface area (Å²) in [7, 11) is -3.45. The maximum atomic E-state index is 12.2. The van der Waals surface area contributed by atoms with E-state index in [0.29, 0.717) is 25.2 Å². The molecule has 0 saturated heterocycles. The van der Waals surface area contributed by atoms with Crippen LogP contribution in [0.15, 0.2) is 30.3 Å². The molecular weight excluding hydrogens is 340 g/mol. The molecule has 5 nitrogen and oxygen atoms in total. The highest BCUT2D eigenvalue weighted by Crippen LogP contribution is 2.37. The molecule has 0 amide bonds. The van der Waals surface area contributed by atoms with Crippen molar-refractivity contribution in [2.45, 2.75) is 52.2 Å². The van der Waals surface area contributed by atoms with E-state index in [2.05, 4.69) is 13.8 Å². The van der Waals surface area contributed by atoms with Crippen molar-refractivity contribution in [3.63, 3.8) is 0 Å². The van der Waals surface area contributed by atoms with Gasteiger partial charge in [0.1, 0.15) is 6.61 Å². The van der Waals surface area contributed by atoms with Crippen LogP contribution in [-0.2, 0) is 30.4 Å². The average Bonchev–Trinajstić information content (AvgIpc) is 2.66. The van der Waals surface area contributed by atoms with E-state index >= 15 is 0 Å². The summed E-state index contributed by atoms with van der Waals surface area (Å²) in [6.45, 7) is 4.47. The van der Waals surface area contributed by atoms with E-state index in [1.54, 1.807) is 0 Å². The Morgan fingerprint density at radius 1 is 1.12 bits per heavy atom. The fraction of sp³-hybridized carbons (Fsp3) is 0.632. The number of hydrogen-bond acceptors (Lipinski definition) is 5. The predicted molar refractivity (Wildman–Crippen MR) is 96.2 cm³/mol. The summed E-state index contributed by atoms with van der Waals surface area (Å²) in [5, 5.41) is 0. The van der Waals surface area contributed by atoms with Crippen LogP contribution in [0, 0.1) is 17.8 Å². The largest absolute Gasteiger partial charge is 0.461 e. The van der Waals surface area contributed by atoms with Crippen LogP contribution in [0.3, 0.4) is 0 Å². The van der Waals surface area contributed by atoms with Crippen molar-refractivity contribution in [1.82, 2.24) is 0 Å². The lowest BCUT2D eigenvalue weighted by Gasteiger charge is -2.26. The molecule has 0 spiro atoms. The van der Waals surface area contributed by atoms with Crippen molar-refractivity contribution in [3.05, 3.63) is 35.9 Å². The number of carbonyl (C=O) groups is 1. The lowest BCUT2D eigenvalue weighted by molar-refractivity contribution is -0.147. The fourth-order valence-electron chi connectivity index (χ4n) is 3.66. The summed E-state index contributed by atoms with van der Waals surface area (Å²) in [6.07, 6.45) is 3.35. The minimum atomic E-state index is -3.45. The zero-order valence-corrected chi connectivity index (χ0v) is 16.0. The second-order valence-corrected chi connectivity index (χ2v) is 8.80. The van der Waals surface area contributed by atoms with Crippen molar-refractivity contribution in [2.75, 3.05) is 6.26 Å². The Morgan fingerprint density at radius 2 is 1.80 bits per heavy atom. The molecule has 1 aromatic rings. The number of benzene rings is 1. The molecule has 4 atom stereocenters. The van der Waals surface area contributed by atoms with Crippen LogP contribution >= 0.6 is 0 Å². The minimum Gasteiger partial charge on any atom is -0.461 e. The van der Waals surface area contributed by atoms with Gasteiger partial charge in [0.25, 0.3) is 10.1 Å². The first-order valence-electron chi connectivity index (χ1n) is 8.82. The lowest BCUT2D eigenvalue weighted by Crippen LogP contribution is -2.24. The van der Waals surface area contributed by atoms with Gasteiger partial charge in [0.15, 0.2) is 0 Å². The molecule has 4 unspecified atom stereocenters. The Bertz CT molecular complexity index is 656. The molecular formula is C19H28O5S. The number of rotatable bonds is 6. The number of esters is 1. The first kappa shape index (κ1) is 19.9. The Hall–Kier alpha value is -1.40. The highest BCUT2D eigenvalue weighted by molar-refractivity contribution is 7.86. The van der Waals surface area contributed by atoms with Gasteiger partial charge in [-0.05, 0) is 42.6 Å². The third-order valence-corrected chi connectivity index (χ3v) is 5.62. The van der Waals surface area contributed by atoms with Crippen molar-refractivity contribution >= 4 is 16.1 Å². The minimum absolute atomic E-state index is 0.177. The highest BCUT2D eigenvalue weighted by Gasteiger charge is 2.33. The van der Waals surface area contributed by atoms with Crippen molar-refractivity contribution in [3.8, 4) is 0 Å². The van der Waals surface area contributed by atoms with E-state index in [1.807, 2.05) is 30.3 Å². The molecule has 1 aromatic carbocycles. The van der Waals surface area contributed by atoms with Gasteiger partial charge in [-0.15, -0.1) is 0 Å². The Balaban J connectivity index is 1.90. The molecule has 25 heavy (non-hydrogen) atoms. The van der Waals surface area contributed by atoms with E-state index in [9.17, 15) is 13.2 Å². The molecule has 0 bridgehead atoms. The van der Waals surface area contributed by atoms with Crippen LogP contribution in [-0.4, -0.2) is 26.7 Å². The van der Waals surface area contributed by atoms with Gasteiger partial charge < -0.3 is 4.74 Å². The first-order chi connectivity index (χ1) is 11.7. The summed E-state index contributed by atoms with van der Waals surface area (Å²) >= 11 is 0. The molecule has 0 N–H and O–H groups in total. The van der Waals surface area contributed by atoms with E-state index in [4.69, 9.17) is 8.92 Å². The monoisotopic (exact) mass is 368 g/mol. The van der Waals surface area contributed by atoms with Gasteiger partial charge in [-0.25, -0.2) is 0 Å². The van der Waals surface area contributed by atoms with E-state index in [-0.39, 0.29) is 30.5 Å². The maximum Gasteiger partial charge on any atom is 0.306 e. The lowest BCUT2D eigenvalue weighted by atomic mass is 9.80. The van der Waals surface area contributed by atoms with E-state index < -0.39 is 10.1 Å². The summed E-state index contributed by atoms with van der Waals surface area (Å²) < 4.78 is 33.4. The van der Waals surface area contributed by atoms with Crippen molar-refractivity contribution in [2.24, 2.45) is 17.8 Å². The van der Waals surface area contributed by atoms with Crippen LogP contribution < -0.4 is 0 Å². The molecule has 1 aliphatic rings. The quantitative estimate of drug-likeness (QED) is 0.436. The Morgan fingerprint density at radius 3 is 2.44 bits per heavy atom. The summed E-state index contributed by atoms with van der Waals surface area (Å²) in [5.74, 6) is 0.507. The SMILES string of the molecule is CC1CCC(OS(C)(=O)=O)CC(C)C1CC(=O)OCc1ccccc1. The molecule has 1 fully saturated rings. The van der Waals surface area contributed by atoms with Crippen LogP contribution in [0.5, 0.6) is 0 Å². The van der Waals surface area contributed by atoms with Crippen LogP contribution in [0.4, 0.5) is 0 Å². The average molecular weight is 368 g/mol. The maximum absolute atomic E-state index is 12.2. The van der Waals surface area contributed by atoms with Gasteiger partial charge in [-0.2, -0.15) is 8.42 Å². The van der Waals surface area contributed by atoms with Gasteiger partial charge in [-0.1, -0.05) is 44.2 Å². The summed E-state index contributed by atoms with van der Waals surface area (Å²) in [5.41, 5.74) is 0.972. The van der Waals surface area contributed by atoms with Crippen LogP contribution in [0.25, 0.3) is 0 Å². The van der Waals surface area contributed by atoms with Crippen molar-refractivity contribution in [1.29, 1.82) is 0 Å². The second kappa shape index (κ2) is 8.81. The molecule has 140 valence electrons. The van der Waals surface area contributed by atoms with E-state index in [0.717, 1.165) is 18.2 Å². The molecule has 1 aliphatic carbocycles. The van der Waals surface area contributed by atoms with Gasteiger partial charge in [0, 0.05) is 6.42 Å². The fourth-order valence-corrected chi connectivity index (χ4v) is 4.33. The van der Waals surface area contributed by atoms with Crippen LogP contribution in [0.2, 0.25) is 0 Å². The summed E-state index contributed by atoms with van der Waals surface area (Å²) in [4.78, 5) is 12.2. The second-order valence-electron chi connectivity index (χ2n) is 7.20. The zero-order valence-electron chi connectivity index (χ0n) is 15.2. The zero-order chi connectivity index (χ0) is 18.4. The standard InChI is InChI=1S/C19H28O5S/c1-14-9-10-17(24-25(3,21)22)11-15(2)18(14)12-19(20)23-13-16-7-5-4-6-8-16/h4-8,14-15,17-18H,9-13H2,1-3H3. The van der Waals surface area contributed by atoms with Gasteiger partial charge in [0.2, 0.25) is 0 Å². The number of hydrogen-bond donors (Lipinski definition) is 0. The third kappa shape index (κ3) is 6.78. The van der Waals surface area contributed by atoms with Crippen LogP contribution in [0.1, 0.15) is 45.1 Å². The first-order valence-corrected chi connectivity index (χ1v) is 10.6. The van der Waals surface area contributed by atoms with E-state index in [1.165, 1.54) is 0 Å². The van der Waals surface area contributed by atoms with Crippen molar-refractivity contribution < 1.29 is 22.1 Å². The Kier molecular flexibility index (Phi) is 7.02. The molecule has 6 heteroatoms. The predicted octanol–water partition coefficient (Wildman–Crippen LogP) is 3.54. The molecule has 0 radical (unpaired) electrons. The smallest absolute Gasteiger partial charge is 0.306 e. The highest BCUT2D eigenvalue weighted by atomic mass is 32.2.